The largest absolute Gasteiger partial charge is 0.473 e. The first-order valence-corrected chi connectivity index (χ1v) is 3.06. The normalized spacial score (nSPS) is 20.6. The van der Waals surface area contributed by atoms with Crippen LogP contribution in [0.1, 0.15) is 6.42 Å². The van der Waals surface area contributed by atoms with Crippen LogP contribution < -0.4 is 0 Å². The van der Waals surface area contributed by atoms with Gasteiger partial charge in [0.2, 0.25) is 0 Å². The zero-order valence-electron chi connectivity index (χ0n) is 5.46. The third-order valence-electron chi connectivity index (χ3n) is 1.37. The lowest BCUT2D eigenvalue weighted by molar-refractivity contribution is 0.111. The number of aliphatic hydroxyl groups is 1. The van der Waals surface area contributed by atoms with Gasteiger partial charge in [-0.15, -0.1) is 0 Å². The summed E-state index contributed by atoms with van der Waals surface area (Å²) in [7, 11) is 0. The Morgan fingerprint density at radius 1 is 1.40 bits per heavy atom. The molecule has 0 fully saturated rings. The van der Waals surface area contributed by atoms with Gasteiger partial charge >= 0.3 is 0 Å². The highest BCUT2D eigenvalue weighted by Gasteiger charge is 2.21. The van der Waals surface area contributed by atoms with Gasteiger partial charge in [-0.2, -0.15) is 0 Å². The fraction of sp³-hybridized carbons (Fsp3) is 0.429. The van der Waals surface area contributed by atoms with Crippen LogP contribution in [0.2, 0.25) is 0 Å². The minimum Gasteiger partial charge on any atom is -0.473 e. The van der Waals surface area contributed by atoms with Crippen molar-refractivity contribution in [2.45, 2.75) is 12.0 Å². The summed E-state index contributed by atoms with van der Waals surface area (Å²) in [6.45, 7) is -0.537. The lowest BCUT2D eigenvalue weighted by Crippen LogP contribution is -2.24. The van der Waals surface area contributed by atoms with E-state index in [1.54, 1.807) is 0 Å². The summed E-state index contributed by atoms with van der Waals surface area (Å²) in [5.74, 6) is 0. The van der Waals surface area contributed by atoms with Crippen LogP contribution in [0.15, 0.2) is 24.7 Å². The third-order valence-corrected chi connectivity index (χ3v) is 1.37. The average Bonchev–Trinajstić information content (AvgIpc) is 1.89. The molecule has 1 heterocycles. The fourth-order valence-corrected chi connectivity index (χ4v) is 0.733. The van der Waals surface area contributed by atoms with Gasteiger partial charge in [-0.3, -0.25) is 4.39 Å². The van der Waals surface area contributed by atoms with E-state index >= 15 is 0 Å². The fourth-order valence-electron chi connectivity index (χ4n) is 0.733. The van der Waals surface area contributed by atoms with Crippen LogP contribution in [-0.4, -0.2) is 17.4 Å². The van der Waals surface area contributed by atoms with Crippen molar-refractivity contribution in [3.63, 3.8) is 0 Å². The first-order chi connectivity index (χ1) is 4.77. The summed E-state index contributed by atoms with van der Waals surface area (Å²) in [6.07, 6.45) is 5.62. The van der Waals surface area contributed by atoms with Gasteiger partial charge in [0.15, 0.2) is 0 Å². The van der Waals surface area contributed by atoms with Crippen molar-refractivity contribution in [3.8, 4) is 0 Å². The summed E-state index contributed by atoms with van der Waals surface area (Å²) in [4.78, 5) is 0. The molecule has 1 rings (SSSR count). The number of halogens is 1. The monoisotopic (exact) mass is 144 g/mol. The van der Waals surface area contributed by atoms with Crippen molar-refractivity contribution in [2.75, 3.05) is 6.67 Å². The number of hydrogen-bond acceptors (Lipinski definition) is 2. The van der Waals surface area contributed by atoms with Crippen LogP contribution in [0.25, 0.3) is 0 Å². The lowest BCUT2D eigenvalue weighted by atomic mass is 10.0. The Morgan fingerprint density at radius 3 is 2.50 bits per heavy atom. The lowest BCUT2D eigenvalue weighted by Gasteiger charge is -2.20. The molecule has 0 amide bonds. The van der Waals surface area contributed by atoms with Crippen molar-refractivity contribution in [1.82, 2.24) is 0 Å². The number of ether oxygens (including phenoxy) is 1. The first kappa shape index (κ1) is 7.28. The molecule has 1 aliphatic heterocycles. The van der Waals surface area contributed by atoms with E-state index in [0.717, 1.165) is 0 Å². The predicted octanol–water partition coefficient (Wildman–Crippen LogP) is 1.13. The summed E-state index contributed by atoms with van der Waals surface area (Å²) in [6, 6.07) is 0. The molecular formula is C7H9FO2. The van der Waals surface area contributed by atoms with Gasteiger partial charge in [-0.25, -0.2) is 0 Å². The van der Waals surface area contributed by atoms with Crippen molar-refractivity contribution in [1.29, 1.82) is 0 Å². The quantitative estimate of drug-likeness (QED) is 0.629. The summed E-state index contributed by atoms with van der Waals surface area (Å²) in [5, 5.41) is 9.38. The zero-order valence-corrected chi connectivity index (χ0v) is 5.46. The molecule has 0 saturated carbocycles. The Bertz CT molecular complexity index is 151. The topological polar surface area (TPSA) is 29.5 Å². The van der Waals surface area contributed by atoms with Crippen LogP contribution in [0.4, 0.5) is 4.39 Å². The Kier molecular flexibility index (Phi) is 2.06. The third kappa shape index (κ3) is 1.57. The molecule has 0 unspecified atom stereocenters. The highest BCUT2D eigenvalue weighted by molar-refractivity contribution is 5.14. The molecule has 56 valence electrons. The second-order valence-electron chi connectivity index (χ2n) is 2.17. The SMILES string of the molecule is OC1(CCF)C=COC=C1. The molecule has 0 bridgehead atoms. The first-order valence-electron chi connectivity index (χ1n) is 3.06. The van der Waals surface area contributed by atoms with Gasteiger partial charge in [0.25, 0.3) is 0 Å². The minimum atomic E-state index is -1.13. The van der Waals surface area contributed by atoms with Crippen LogP contribution in [-0.2, 0) is 4.74 Å². The van der Waals surface area contributed by atoms with Crippen molar-refractivity contribution in [3.05, 3.63) is 24.7 Å². The van der Waals surface area contributed by atoms with Gasteiger partial charge in [-0.1, -0.05) is 0 Å². The maximum Gasteiger partial charge on any atom is 0.110 e. The summed E-state index contributed by atoms with van der Waals surface area (Å²) in [5.41, 5.74) is -1.13. The molecule has 1 aliphatic rings. The standard InChI is InChI=1S/C7H9FO2/c8-4-1-7(9)2-5-10-6-3-7/h2-3,5-6,9H,1,4H2. The van der Waals surface area contributed by atoms with E-state index in [2.05, 4.69) is 4.74 Å². The summed E-state index contributed by atoms with van der Waals surface area (Å²) >= 11 is 0. The molecule has 0 aromatic carbocycles. The Morgan fingerprint density at radius 2 is 2.00 bits per heavy atom. The van der Waals surface area contributed by atoms with Crippen molar-refractivity contribution in [2.24, 2.45) is 0 Å². The van der Waals surface area contributed by atoms with Crippen LogP contribution in [0.3, 0.4) is 0 Å². The molecule has 1 N–H and O–H groups in total. The highest BCUT2D eigenvalue weighted by Crippen LogP contribution is 2.17. The number of hydrogen-bond donors (Lipinski definition) is 1. The molecule has 2 nitrogen and oxygen atoms in total. The van der Waals surface area contributed by atoms with Crippen molar-refractivity contribution < 1.29 is 14.2 Å². The van der Waals surface area contributed by atoms with E-state index in [4.69, 9.17) is 0 Å². The van der Waals surface area contributed by atoms with E-state index in [9.17, 15) is 9.50 Å². The second-order valence-corrected chi connectivity index (χ2v) is 2.17. The van der Waals surface area contributed by atoms with Crippen LogP contribution in [0, 0.1) is 0 Å². The van der Waals surface area contributed by atoms with Gasteiger partial charge in [0.1, 0.15) is 5.60 Å². The summed E-state index contributed by atoms with van der Waals surface area (Å²) < 4.78 is 16.4. The minimum absolute atomic E-state index is 0.0867. The zero-order chi connectivity index (χ0) is 7.45. The Hall–Kier alpha value is -0.830. The second kappa shape index (κ2) is 2.84. The molecular weight excluding hydrogens is 135 g/mol. The highest BCUT2D eigenvalue weighted by atomic mass is 19.1. The predicted molar refractivity (Wildman–Crippen MR) is 34.9 cm³/mol. The maximum absolute atomic E-state index is 11.8. The molecule has 0 saturated heterocycles. The maximum atomic E-state index is 11.8. The van der Waals surface area contributed by atoms with Gasteiger partial charge in [0, 0.05) is 6.42 Å². The van der Waals surface area contributed by atoms with E-state index in [-0.39, 0.29) is 6.42 Å². The van der Waals surface area contributed by atoms with E-state index < -0.39 is 12.3 Å². The van der Waals surface area contributed by atoms with E-state index in [1.807, 2.05) is 0 Å². The van der Waals surface area contributed by atoms with Crippen LogP contribution >= 0.6 is 0 Å². The molecule has 0 atom stereocenters. The number of rotatable bonds is 2. The average molecular weight is 144 g/mol. The number of alkyl halides is 1. The van der Waals surface area contributed by atoms with Crippen molar-refractivity contribution >= 4 is 0 Å². The molecule has 0 aromatic heterocycles. The van der Waals surface area contributed by atoms with Gasteiger partial charge in [-0.05, 0) is 12.2 Å². The smallest absolute Gasteiger partial charge is 0.110 e. The van der Waals surface area contributed by atoms with Crippen LogP contribution in [0.5, 0.6) is 0 Å². The van der Waals surface area contributed by atoms with E-state index in [1.165, 1.54) is 24.7 Å². The van der Waals surface area contributed by atoms with Gasteiger partial charge < -0.3 is 9.84 Å². The molecule has 0 radical (unpaired) electrons. The Balaban J connectivity index is 2.56. The van der Waals surface area contributed by atoms with E-state index in [0.29, 0.717) is 0 Å². The molecule has 0 spiro atoms. The molecule has 0 aliphatic carbocycles. The molecule has 3 heteroatoms. The Labute approximate surface area is 58.6 Å². The molecule has 10 heavy (non-hydrogen) atoms. The van der Waals surface area contributed by atoms with Gasteiger partial charge in [0.05, 0.1) is 19.2 Å². The molecule has 0 aromatic rings.